The van der Waals surface area contributed by atoms with Crippen molar-refractivity contribution in [1.82, 2.24) is 0 Å². The monoisotopic (exact) mass is 340 g/mol. The Bertz CT molecular complexity index is 685. The number of nitrogens with zero attached hydrogens (tertiary/aromatic N) is 1. The minimum absolute atomic E-state index is 0.125. The van der Waals surface area contributed by atoms with E-state index < -0.39 is 5.82 Å². The molecule has 0 amide bonds. The molecule has 2 aromatic rings. The highest BCUT2D eigenvalue weighted by molar-refractivity contribution is 9.10. The summed E-state index contributed by atoms with van der Waals surface area (Å²) in [6, 6.07) is 9.22. The van der Waals surface area contributed by atoms with Gasteiger partial charge in [-0.15, -0.1) is 0 Å². The molecule has 0 aliphatic heterocycles. The first-order valence-corrected chi connectivity index (χ1v) is 6.31. The number of benzene rings is 2. The third-order valence-electron chi connectivity index (χ3n) is 2.36. The fourth-order valence-electron chi connectivity index (χ4n) is 1.45. The average Bonchev–Trinajstić information content (AvgIpc) is 2.36. The van der Waals surface area contributed by atoms with Gasteiger partial charge in [0.05, 0.1) is 15.2 Å². The lowest BCUT2D eigenvalue weighted by atomic mass is 10.2. The third-order valence-corrected chi connectivity index (χ3v) is 3.28. The van der Waals surface area contributed by atoms with Crippen LogP contribution < -0.4 is 10.5 Å². The van der Waals surface area contributed by atoms with Gasteiger partial charge in [-0.3, -0.25) is 0 Å². The molecule has 2 aromatic carbocycles. The molecule has 0 aliphatic carbocycles. The molecule has 0 radical (unpaired) electrons. The first-order chi connectivity index (χ1) is 9.02. The molecule has 2 N–H and O–H groups in total. The van der Waals surface area contributed by atoms with E-state index in [1.165, 1.54) is 6.07 Å². The van der Waals surface area contributed by atoms with Crippen LogP contribution >= 0.6 is 27.5 Å². The molecule has 0 fully saturated rings. The van der Waals surface area contributed by atoms with Gasteiger partial charge in [0, 0.05) is 6.07 Å². The number of hydrogen-bond acceptors (Lipinski definition) is 3. The largest absolute Gasteiger partial charge is 0.454 e. The Kier molecular flexibility index (Phi) is 3.93. The minimum atomic E-state index is -0.510. The van der Waals surface area contributed by atoms with Crippen molar-refractivity contribution in [1.29, 1.82) is 5.26 Å². The molecular formula is C13H7BrClFN2O. The topological polar surface area (TPSA) is 59.0 Å². The number of hydrogen-bond donors (Lipinski definition) is 1. The predicted molar refractivity (Wildman–Crippen MR) is 74.8 cm³/mol. The summed E-state index contributed by atoms with van der Waals surface area (Å²) in [4.78, 5) is 0. The van der Waals surface area contributed by atoms with Crippen LogP contribution in [0.3, 0.4) is 0 Å². The summed E-state index contributed by atoms with van der Waals surface area (Å²) in [6.45, 7) is 0. The summed E-state index contributed by atoms with van der Waals surface area (Å²) in [6.07, 6.45) is 0. The number of halogens is 3. The van der Waals surface area contributed by atoms with Crippen molar-refractivity contribution in [2.24, 2.45) is 0 Å². The number of ether oxygens (including phenoxy) is 1. The summed E-state index contributed by atoms with van der Waals surface area (Å²) >= 11 is 8.90. The van der Waals surface area contributed by atoms with E-state index in [1.807, 2.05) is 6.07 Å². The maximum Gasteiger partial charge on any atom is 0.153 e. The number of nitriles is 1. The number of anilines is 1. The molecule has 0 aliphatic rings. The Balaban J connectivity index is 2.45. The molecule has 0 saturated heterocycles. The molecule has 0 atom stereocenters. The highest BCUT2D eigenvalue weighted by atomic mass is 79.9. The molecule has 0 spiro atoms. The van der Waals surface area contributed by atoms with Crippen LogP contribution in [0.1, 0.15) is 5.56 Å². The molecule has 3 nitrogen and oxygen atoms in total. The van der Waals surface area contributed by atoms with Crippen LogP contribution in [0.5, 0.6) is 11.5 Å². The first kappa shape index (κ1) is 13.7. The quantitative estimate of drug-likeness (QED) is 0.819. The Labute approximate surface area is 122 Å². The fourth-order valence-corrected chi connectivity index (χ4v) is 2.02. The van der Waals surface area contributed by atoms with Gasteiger partial charge in [0.15, 0.2) is 5.75 Å². The van der Waals surface area contributed by atoms with Crippen LogP contribution in [0.4, 0.5) is 10.1 Å². The van der Waals surface area contributed by atoms with Crippen LogP contribution in [-0.4, -0.2) is 0 Å². The van der Waals surface area contributed by atoms with Crippen molar-refractivity contribution in [3.63, 3.8) is 0 Å². The maximum absolute atomic E-state index is 13.5. The molecule has 0 aromatic heterocycles. The van der Waals surface area contributed by atoms with Gasteiger partial charge in [0.1, 0.15) is 23.2 Å². The molecule has 0 unspecified atom stereocenters. The standard InChI is InChI=1S/C13H7BrClFN2O/c14-8-4-11(18)13(5-10(8)16)19-12-3-1-2-9(15)7(12)6-17/h1-5H,18H2. The number of rotatable bonds is 2. The zero-order valence-electron chi connectivity index (χ0n) is 9.45. The number of nitrogens with two attached hydrogens (primary N) is 1. The summed E-state index contributed by atoms with van der Waals surface area (Å²) in [5.74, 6) is -0.160. The molecular weight excluding hydrogens is 335 g/mol. The van der Waals surface area contributed by atoms with Crippen LogP contribution in [0.2, 0.25) is 5.02 Å². The van der Waals surface area contributed by atoms with Gasteiger partial charge in [-0.25, -0.2) is 4.39 Å². The van der Waals surface area contributed by atoms with Gasteiger partial charge in [0.25, 0.3) is 0 Å². The minimum Gasteiger partial charge on any atom is -0.454 e. The zero-order valence-corrected chi connectivity index (χ0v) is 11.8. The van der Waals surface area contributed by atoms with Gasteiger partial charge in [0.2, 0.25) is 0 Å². The second-order valence-corrected chi connectivity index (χ2v) is 4.89. The van der Waals surface area contributed by atoms with Crippen LogP contribution in [-0.2, 0) is 0 Å². The van der Waals surface area contributed by atoms with Crippen LogP contribution in [0.25, 0.3) is 0 Å². The first-order valence-electron chi connectivity index (χ1n) is 5.14. The lowest BCUT2D eigenvalue weighted by molar-refractivity contribution is 0.477. The van der Waals surface area contributed by atoms with Crippen LogP contribution in [0.15, 0.2) is 34.8 Å². The van der Waals surface area contributed by atoms with E-state index in [4.69, 9.17) is 27.3 Å². The average molecular weight is 342 g/mol. The van der Waals surface area contributed by atoms with E-state index in [0.29, 0.717) is 0 Å². The van der Waals surface area contributed by atoms with E-state index >= 15 is 0 Å². The molecule has 0 saturated carbocycles. The number of nitrogen functional groups attached to an aromatic ring is 1. The van der Waals surface area contributed by atoms with Crippen molar-refractivity contribution in [2.75, 3.05) is 5.73 Å². The SMILES string of the molecule is N#Cc1c(Cl)cccc1Oc1cc(F)c(Br)cc1N. The lowest BCUT2D eigenvalue weighted by Crippen LogP contribution is -1.95. The lowest BCUT2D eigenvalue weighted by Gasteiger charge is -2.11. The fraction of sp³-hybridized carbons (Fsp3) is 0. The van der Waals surface area contributed by atoms with Crippen LogP contribution in [0, 0.1) is 17.1 Å². The molecule has 0 heterocycles. The van der Waals surface area contributed by atoms with E-state index in [2.05, 4.69) is 15.9 Å². The van der Waals surface area contributed by atoms with Crippen molar-refractivity contribution in [3.8, 4) is 17.6 Å². The normalized spacial score (nSPS) is 10.0. The van der Waals surface area contributed by atoms with Gasteiger partial charge in [-0.1, -0.05) is 17.7 Å². The van der Waals surface area contributed by atoms with Gasteiger partial charge >= 0.3 is 0 Å². The van der Waals surface area contributed by atoms with Crippen molar-refractivity contribution >= 4 is 33.2 Å². The van der Waals surface area contributed by atoms with Gasteiger partial charge in [-0.05, 0) is 34.1 Å². The molecule has 2 rings (SSSR count). The van der Waals surface area contributed by atoms with E-state index in [0.717, 1.165) is 6.07 Å². The molecule has 6 heteroatoms. The predicted octanol–water partition coefficient (Wildman–Crippen LogP) is 4.49. The Morgan fingerprint density at radius 2 is 2.05 bits per heavy atom. The highest BCUT2D eigenvalue weighted by Gasteiger charge is 2.12. The second-order valence-electron chi connectivity index (χ2n) is 3.63. The third kappa shape index (κ3) is 2.80. The van der Waals surface area contributed by atoms with Gasteiger partial charge in [-0.2, -0.15) is 5.26 Å². The van der Waals surface area contributed by atoms with Crippen molar-refractivity contribution < 1.29 is 9.13 Å². The maximum atomic E-state index is 13.5. The summed E-state index contributed by atoms with van der Waals surface area (Å²) < 4.78 is 19.1. The molecule has 96 valence electrons. The smallest absolute Gasteiger partial charge is 0.153 e. The molecule has 19 heavy (non-hydrogen) atoms. The Morgan fingerprint density at radius 1 is 1.32 bits per heavy atom. The van der Waals surface area contributed by atoms with Crippen molar-refractivity contribution in [2.45, 2.75) is 0 Å². The molecule has 0 bridgehead atoms. The van der Waals surface area contributed by atoms with E-state index in [9.17, 15) is 4.39 Å². The Morgan fingerprint density at radius 3 is 2.74 bits per heavy atom. The summed E-state index contributed by atoms with van der Waals surface area (Å²) in [7, 11) is 0. The zero-order chi connectivity index (χ0) is 14.0. The van der Waals surface area contributed by atoms with Crippen molar-refractivity contribution in [3.05, 3.63) is 51.2 Å². The highest BCUT2D eigenvalue weighted by Crippen LogP contribution is 2.35. The summed E-state index contributed by atoms with van der Waals surface area (Å²) in [5.41, 5.74) is 6.15. The van der Waals surface area contributed by atoms with Gasteiger partial charge < -0.3 is 10.5 Å². The Hall–Kier alpha value is -1.77. The summed E-state index contributed by atoms with van der Waals surface area (Å²) in [5, 5.41) is 9.28. The second kappa shape index (κ2) is 5.47. The van der Waals surface area contributed by atoms with E-state index in [1.54, 1.807) is 18.2 Å². The van der Waals surface area contributed by atoms with E-state index in [-0.39, 0.29) is 32.2 Å².